The molecule has 1 heterocycles. The molecule has 0 aliphatic carbocycles. The lowest BCUT2D eigenvalue weighted by molar-refractivity contribution is -0.118. The van der Waals surface area contributed by atoms with Gasteiger partial charge in [-0.25, -0.2) is 0 Å². The lowest BCUT2D eigenvalue weighted by Crippen LogP contribution is -2.24. The van der Waals surface area contributed by atoms with E-state index < -0.39 is 6.61 Å². The molecule has 3 aromatic rings. The molecule has 1 N–H and O–H groups in total. The highest BCUT2D eigenvalue weighted by atomic mass is 32.2. The molecule has 0 unspecified atom stereocenters. The Morgan fingerprint density at radius 2 is 1.91 bits per heavy atom. The molecule has 0 atom stereocenters. The van der Waals surface area contributed by atoms with Gasteiger partial charge in [-0.3, -0.25) is 9.36 Å². The smallest absolute Gasteiger partial charge is 0.387 e. The van der Waals surface area contributed by atoms with E-state index in [1.165, 1.54) is 31.0 Å². The van der Waals surface area contributed by atoms with Crippen molar-refractivity contribution >= 4 is 17.7 Å². The van der Waals surface area contributed by atoms with Crippen LogP contribution in [-0.4, -0.2) is 47.3 Å². The van der Waals surface area contributed by atoms with Crippen molar-refractivity contribution in [3.05, 3.63) is 60.7 Å². The number of amides is 1. The number of nitrogens with one attached hydrogen (secondary N) is 1. The first kappa shape index (κ1) is 25.0. The van der Waals surface area contributed by atoms with Crippen LogP contribution in [0.25, 0.3) is 11.4 Å². The van der Waals surface area contributed by atoms with E-state index in [9.17, 15) is 13.6 Å². The van der Waals surface area contributed by atoms with E-state index in [4.69, 9.17) is 9.47 Å². The number of rotatable bonds is 12. The number of benzene rings is 2. The maximum absolute atomic E-state index is 12.5. The number of carbonyl (C=O) groups excluding carboxylic acids is 1. The quantitative estimate of drug-likeness (QED) is 0.301. The van der Waals surface area contributed by atoms with Crippen LogP contribution in [0.1, 0.15) is 5.56 Å². The van der Waals surface area contributed by atoms with Crippen molar-refractivity contribution in [2.45, 2.75) is 24.9 Å². The van der Waals surface area contributed by atoms with Gasteiger partial charge in [-0.2, -0.15) is 8.78 Å². The van der Waals surface area contributed by atoms with Gasteiger partial charge in [0.1, 0.15) is 5.75 Å². The van der Waals surface area contributed by atoms with Crippen molar-refractivity contribution < 1.29 is 27.8 Å². The Balaban J connectivity index is 1.64. The van der Waals surface area contributed by atoms with Crippen LogP contribution in [0.4, 0.5) is 8.78 Å². The maximum atomic E-state index is 12.5. The number of aromatic nitrogens is 3. The average Bonchev–Trinajstić information content (AvgIpc) is 3.24. The molecule has 0 fully saturated rings. The van der Waals surface area contributed by atoms with Gasteiger partial charge in [-0.15, -0.1) is 16.8 Å². The molecular weight excluding hydrogens is 466 g/mol. The molecule has 34 heavy (non-hydrogen) atoms. The first-order valence-corrected chi connectivity index (χ1v) is 11.1. The number of hydrogen-bond donors (Lipinski definition) is 1. The molecule has 0 aliphatic heterocycles. The molecule has 0 bridgehead atoms. The number of carbonyl (C=O) groups is 1. The first-order valence-electron chi connectivity index (χ1n) is 10.2. The molecule has 2 aromatic carbocycles. The third-order valence-corrected chi connectivity index (χ3v) is 5.61. The van der Waals surface area contributed by atoms with E-state index in [0.717, 1.165) is 5.56 Å². The number of hydrogen-bond acceptors (Lipinski definition) is 7. The summed E-state index contributed by atoms with van der Waals surface area (Å²) in [5.74, 6) is 1.22. The molecule has 0 aliphatic rings. The van der Waals surface area contributed by atoms with Crippen LogP contribution in [-0.2, 0) is 17.9 Å². The van der Waals surface area contributed by atoms with Gasteiger partial charge >= 0.3 is 6.61 Å². The molecule has 11 heteroatoms. The normalized spacial score (nSPS) is 10.7. The Morgan fingerprint density at radius 3 is 2.62 bits per heavy atom. The number of ether oxygens (including phenoxy) is 3. The third kappa shape index (κ3) is 6.25. The van der Waals surface area contributed by atoms with Crippen molar-refractivity contribution in [1.82, 2.24) is 20.1 Å². The van der Waals surface area contributed by atoms with Crippen molar-refractivity contribution in [1.29, 1.82) is 0 Å². The first-order chi connectivity index (χ1) is 16.5. The number of allylic oxidation sites excluding steroid dienone is 1. The fourth-order valence-electron chi connectivity index (χ4n) is 3.11. The predicted octanol–water partition coefficient (Wildman–Crippen LogP) is 4.16. The summed E-state index contributed by atoms with van der Waals surface area (Å²) >= 11 is 1.24. The van der Waals surface area contributed by atoms with Crippen LogP contribution in [0, 0.1) is 0 Å². The summed E-state index contributed by atoms with van der Waals surface area (Å²) in [5, 5.41) is 11.9. The third-order valence-electron chi connectivity index (χ3n) is 4.64. The zero-order valence-electron chi connectivity index (χ0n) is 18.7. The summed E-state index contributed by atoms with van der Waals surface area (Å²) in [6, 6.07) is 12.0. The summed E-state index contributed by atoms with van der Waals surface area (Å²) in [6.07, 6.45) is 1.72. The number of thioether (sulfide) groups is 1. The molecule has 1 aromatic heterocycles. The molecule has 180 valence electrons. The minimum Gasteiger partial charge on any atom is -0.496 e. The largest absolute Gasteiger partial charge is 0.496 e. The highest BCUT2D eigenvalue weighted by Gasteiger charge is 2.18. The molecule has 0 saturated carbocycles. The average molecular weight is 491 g/mol. The van der Waals surface area contributed by atoms with E-state index >= 15 is 0 Å². The second kappa shape index (κ2) is 12.0. The summed E-state index contributed by atoms with van der Waals surface area (Å²) in [7, 11) is 2.94. The predicted molar refractivity (Wildman–Crippen MR) is 124 cm³/mol. The van der Waals surface area contributed by atoms with Gasteiger partial charge in [-0.1, -0.05) is 36.0 Å². The van der Waals surface area contributed by atoms with Crippen molar-refractivity contribution in [3.63, 3.8) is 0 Å². The van der Waals surface area contributed by atoms with Crippen LogP contribution < -0.4 is 19.5 Å². The lowest BCUT2D eigenvalue weighted by Gasteiger charge is -2.12. The second-order valence-electron chi connectivity index (χ2n) is 6.83. The minimum absolute atomic E-state index is 0.0736. The second-order valence-corrected chi connectivity index (χ2v) is 7.78. The number of methoxy groups -OCH3 is 2. The van der Waals surface area contributed by atoms with Crippen LogP contribution in [0.15, 0.2) is 60.3 Å². The Labute approximate surface area is 199 Å². The zero-order valence-corrected chi connectivity index (χ0v) is 19.5. The highest BCUT2D eigenvalue weighted by molar-refractivity contribution is 7.99. The maximum Gasteiger partial charge on any atom is 0.387 e. The lowest BCUT2D eigenvalue weighted by atomic mass is 10.2. The van der Waals surface area contributed by atoms with E-state index in [2.05, 4.69) is 26.8 Å². The SMILES string of the molecule is C=CCn1c(SCC(=O)NCc2ccc(OC(F)F)c(OC)c2)nnc1-c1ccccc1OC. The Morgan fingerprint density at radius 1 is 1.15 bits per heavy atom. The molecule has 0 spiro atoms. The highest BCUT2D eigenvalue weighted by Crippen LogP contribution is 2.31. The van der Waals surface area contributed by atoms with Gasteiger partial charge in [0.25, 0.3) is 0 Å². The topological polar surface area (TPSA) is 87.5 Å². The monoisotopic (exact) mass is 490 g/mol. The van der Waals surface area contributed by atoms with Crippen LogP contribution >= 0.6 is 11.8 Å². The summed E-state index contributed by atoms with van der Waals surface area (Å²) in [4.78, 5) is 12.4. The summed E-state index contributed by atoms with van der Waals surface area (Å²) in [5.41, 5.74) is 1.45. The van der Waals surface area contributed by atoms with Gasteiger partial charge in [0.05, 0.1) is 25.5 Å². The van der Waals surface area contributed by atoms with Crippen LogP contribution in [0.5, 0.6) is 17.2 Å². The van der Waals surface area contributed by atoms with Crippen LogP contribution in [0.2, 0.25) is 0 Å². The number of halogens is 2. The minimum atomic E-state index is -2.96. The van der Waals surface area contributed by atoms with Gasteiger partial charge in [-0.05, 0) is 29.8 Å². The molecule has 8 nitrogen and oxygen atoms in total. The van der Waals surface area contributed by atoms with Gasteiger partial charge in [0.2, 0.25) is 5.91 Å². The standard InChI is InChI=1S/C23H24F2N4O4S/c1-4-11-29-21(16-7-5-6-8-17(16)31-2)27-28-23(29)34-14-20(30)26-13-15-9-10-18(33-22(24)25)19(12-15)32-3/h4-10,12,22H,1,11,13-14H2,2-3H3,(H,26,30). The van der Waals surface area contributed by atoms with Crippen molar-refractivity contribution in [2.75, 3.05) is 20.0 Å². The van der Waals surface area contributed by atoms with Crippen LogP contribution in [0.3, 0.4) is 0 Å². The summed E-state index contributed by atoms with van der Waals surface area (Å²) < 4.78 is 41.7. The number of nitrogens with zero attached hydrogens (tertiary/aromatic N) is 3. The summed E-state index contributed by atoms with van der Waals surface area (Å²) in [6.45, 7) is 1.48. The van der Waals surface area contributed by atoms with Gasteiger partial charge in [0, 0.05) is 13.1 Å². The Bertz CT molecular complexity index is 1140. The van der Waals surface area contributed by atoms with E-state index in [1.54, 1.807) is 19.3 Å². The van der Waals surface area contributed by atoms with E-state index in [-0.39, 0.29) is 29.7 Å². The number of para-hydroxylation sites is 1. The number of alkyl halides is 2. The van der Waals surface area contributed by atoms with Gasteiger partial charge < -0.3 is 19.5 Å². The molecule has 3 rings (SSSR count). The van der Waals surface area contributed by atoms with Crippen molar-refractivity contribution in [3.8, 4) is 28.6 Å². The Hall–Kier alpha value is -3.60. The van der Waals surface area contributed by atoms with Crippen molar-refractivity contribution in [2.24, 2.45) is 0 Å². The van der Waals surface area contributed by atoms with E-state index in [0.29, 0.717) is 28.8 Å². The Kier molecular flexibility index (Phi) is 8.86. The van der Waals surface area contributed by atoms with E-state index in [1.807, 2.05) is 28.8 Å². The molecular formula is C23H24F2N4O4S. The fourth-order valence-corrected chi connectivity index (χ4v) is 3.89. The van der Waals surface area contributed by atoms with Gasteiger partial charge in [0.15, 0.2) is 22.5 Å². The molecule has 0 saturated heterocycles. The zero-order chi connectivity index (χ0) is 24.5. The fraction of sp³-hybridized carbons (Fsp3) is 0.261. The molecule has 1 amide bonds. The molecule has 0 radical (unpaired) electrons.